The second-order valence-corrected chi connectivity index (χ2v) is 3.86. The molecule has 1 aromatic carbocycles. The van der Waals surface area contributed by atoms with E-state index in [-0.39, 0.29) is 0 Å². The third kappa shape index (κ3) is 1.84. The number of nitrogens with zero attached hydrogens (tertiary/aromatic N) is 2. The topological polar surface area (TPSA) is 53.1 Å². The standard InChI is InChI=1S/C11H12ClN3O/c1-15-6-8(11(13)14-15)7-3-4-10(16-2)9(12)5-7/h3-6H,1-2H3,(H2,13,14). The summed E-state index contributed by atoms with van der Waals surface area (Å²) in [6, 6.07) is 5.52. The van der Waals surface area contributed by atoms with E-state index in [0.717, 1.165) is 11.1 Å². The van der Waals surface area contributed by atoms with E-state index >= 15 is 0 Å². The van der Waals surface area contributed by atoms with Gasteiger partial charge in [0.2, 0.25) is 0 Å². The largest absolute Gasteiger partial charge is 0.495 e. The molecule has 16 heavy (non-hydrogen) atoms. The molecule has 0 atom stereocenters. The first-order chi connectivity index (χ1) is 7.61. The number of aryl methyl sites for hydroxylation is 1. The fourth-order valence-electron chi connectivity index (χ4n) is 1.56. The smallest absolute Gasteiger partial charge is 0.153 e. The van der Waals surface area contributed by atoms with Crippen molar-refractivity contribution in [3.8, 4) is 16.9 Å². The monoisotopic (exact) mass is 237 g/mol. The van der Waals surface area contributed by atoms with Crippen molar-refractivity contribution in [3.05, 3.63) is 29.4 Å². The van der Waals surface area contributed by atoms with E-state index < -0.39 is 0 Å². The lowest BCUT2D eigenvalue weighted by molar-refractivity contribution is 0.415. The molecule has 84 valence electrons. The van der Waals surface area contributed by atoms with Crippen LogP contribution in [0.1, 0.15) is 0 Å². The van der Waals surface area contributed by atoms with Crippen molar-refractivity contribution in [1.82, 2.24) is 9.78 Å². The molecule has 1 heterocycles. The van der Waals surface area contributed by atoms with Crippen molar-refractivity contribution in [1.29, 1.82) is 0 Å². The molecule has 0 unspecified atom stereocenters. The number of anilines is 1. The third-order valence-corrected chi connectivity index (χ3v) is 2.62. The first-order valence-corrected chi connectivity index (χ1v) is 5.12. The van der Waals surface area contributed by atoms with Gasteiger partial charge in [-0.15, -0.1) is 0 Å². The molecule has 0 bridgehead atoms. The van der Waals surface area contributed by atoms with Gasteiger partial charge < -0.3 is 10.5 Å². The van der Waals surface area contributed by atoms with E-state index in [2.05, 4.69) is 5.10 Å². The zero-order valence-corrected chi connectivity index (χ0v) is 9.82. The minimum absolute atomic E-state index is 0.490. The SMILES string of the molecule is COc1ccc(-c2cn(C)nc2N)cc1Cl. The van der Waals surface area contributed by atoms with Crippen LogP contribution in [0.15, 0.2) is 24.4 Å². The highest BCUT2D eigenvalue weighted by Gasteiger charge is 2.09. The highest BCUT2D eigenvalue weighted by molar-refractivity contribution is 6.32. The molecule has 0 aliphatic heterocycles. The number of nitrogens with two attached hydrogens (primary N) is 1. The molecule has 0 saturated carbocycles. The van der Waals surface area contributed by atoms with E-state index in [1.54, 1.807) is 11.8 Å². The van der Waals surface area contributed by atoms with Gasteiger partial charge in [-0.05, 0) is 17.7 Å². The van der Waals surface area contributed by atoms with Crippen molar-refractivity contribution in [2.45, 2.75) is 0 Å². The lowest BCUT2D eigenvalue weighted by Crippen LogP contribution is -1.91. The maximum Gasteiger partial charge on any atom is 0.153 e. The molecule has 0 fully saturated rings. The number of methoxy groups -OCH3 is 1. The summed E-state index contributed by atoms with van der Waals surface area (Å²) in [7, 11) is 3.41. The molecule has 2 rings (SSSR count). The third-order valence-electron chi connectivity index (χ3n) is 2.32. The fraction of sp³-hybridized carbons (Fsp3) is 0.182. The number of ether oxygens (including phenoxy) is 1. The normalized spacial score (nSPS) is 10.4. The summed E-state index contributed by atoms with van der Waals surface area (Å²) in [5.74, 6) is 1.14. The fourth-order valence-corrected chi connectivity index (χ4v) is 1.82. The number of hydrogen-bond acceptors (Lipinski definition) is 3. The maximum atomic E-state index is 6.05. The molecule has 5 heteroatoms. The summed E-state index contributed by atoms with van der Waals surface area (Å²) in [4.78, 5) is 0. The second-order valence-electron chi connectivity index (χ2n) is 3.45. The molecule has 1 aromatic heterocycles. The highest BCUT2D eigenvalue weighted by atomic mass is 35.5. The van der Waals surface area contributed by atoms with Crippen molar-refractivity contribution < 1.29 is 4.74 Å². The van der Waals surface area contributed by atoms with Gasteiger partial charge in [-0.1, -0.05) is 17.7 Å². The Labute approximate surface area is 98.6 Å². The summed E-state index contributed by atoms with van der Waals surface area (Å²) < 4.78 is 6.76. The Morgan fingerprint density at radius 2 is 2.19 bits per heavy atom. The van der Waals surface area contributed by atoms with Gasteiger partial charge in [-0.2, -0.15) is 5.10 Å². The van der Waals surface area contributed by atoms with Crippen LogP contribution < -0.4 is 10.5 Å². The number of nitrogen functional groups attached to an aromatic ring is 1. The van der Waals surface area contributed by atoms with Crippen LogP contribution in [-0.4, -0.2) is 16.9 Å². The molecular weight excluding hydrogens is 226 g/mol. The summed E-state index contributed by atoms with van der Waals surface area (Å²) >= 11 is 6.05. The molecular formula is C11H12ClN3O. The van der Waals surface area contributed by atoms with Crippen LogP contribution in [0, 0.1) is 0 Å². The Hall–Kier alpha value is -1.68. The Morgan fingerprint density at radius 3 is 2.69 bits per heavy atom. The quantitative estimate of drug-likeness (QED) is 0.872. The van der Waals surface area contributed by atoms with E-state index in [4.69, 9.17) is 22.1 Å². The van der Waals surface area contributed by atoms with Crippen LogP contribution in [0.5, 0.6) is 5.75 Å². The highest BCUT2D eigenvalue weighted by Crippen LogP contribution is 2.32. The predicted molar refractivity (Wildman–Crippen MR) is 64.6 cm³/mol. The number of aromatic nitrogens is 2. The van der Waals surface area contributed by atoms with Crippen LogP contribution >= 0.6 is 11.6 Å². The number of benzene rings is 1. The molecule has 0 radical (unpaired) electrons. The molecule has 0 saturated heterocycles. The van der Waals surface area contributed by atoms with Gasteiger partial charge in [0.1, 0.15) is 5.75 Å². The zero-order valence-electron chi connectivity index (χ0n) is 9.07. The second kappa shape index (κ2) is 4.06. The zero-order chi connectivity index (χ0) is 11.7. The molecule has 0 spiro atoms. The number of halogens is 1. The van der Waals surface area contributed by atoms with Crippen LogP contribution in [0.2, 0.25) is 5.02 Å². The van der Waals surface area contributed by atoms with Gasteiger partial charge in [-0.3, -0.25) is 4.68 Å². The average Bonchev–Trinajstić information content (AvgIpc) is 2.58. The Balaban J connectivity index is 2.49. The van der Waals surface area contributed by atoms with Crippen LogP contribution in [-0.2, 0) is 7.05 Å². The summed E-state index contributed by atoms with van der Waals surface area (Å²) in [5, 5.41) is 4.64. The summed E-state index contributed by atoms with van der Waals surface area (Å²) in [6.45, 7) is 0. The van der Waals surface area contributed by atoms with Crippen molar-refractivity contribution in [2.75, 3.05) is 12.8 Å². The van der Waals surface area contributed by atoms with Gasteiger partial charge in [0.05, 0.1) is 12.1 Å². The van der Waals surface area contributed by atoms with Gasteiger partial charge >= 0.3 is 0 Å². The van der Waals surface area contributed by atoms with E-state index in [0.29, 0.717) is 16.6 Å². The van der Waals surface area contributed by atoms with Gasteiger partial charge in [0, 0.05) is 18.8 Å². The van der Waals surface area contributed by atoms with Crippen LogP contribution in [0.3, 0.4) is 0 Å². The molecule has 2 aromatic rings. The van der Waals surface area contributed by atoms with Gasteiger partial charge in [0.15, 0.2) is 5.82 Å². The van der Waals surface area contributed by atoms with Crippen LogP contribution in [0.4, 0.5) is 5.82 Å². The molecule has 0 amide bonds. The molecule has 0 aliphatic rings. The minimum Gasteiger partial charge on any atom is -0.495 e. The van der Waals surface area contributed by atoms with Crippen molar-refractivity contribution >= 4 is 17.4 Å². The van der Waals surface area contributed by atoms with E-state index in [9.17, 15) is 0 Å². The summed E-state index contributed by atoms with van der Waals surface area (Å²) in [6.07, 6.45) is 1.85. The Kier molecular flexibility index (Phi) is 2.75. The molecule has 4 nitrogen and oxygen atoms in total. The predicted octanol–water partition coefficient (Wildman–Crippen LogP) is 2.33. The molecule has 2 N–H and O–H groups in total. The Morgan fingerprint density at radius 1 is 1.44 bits per heavy atom. The van der Waals surface area contributed by atoms with Crippen LogP contribution in [0.25, 0.3) is 11.1 Å². The minimum atomic E-state index is 0.490. The lowest BCUT2D eigenvalue weighted by Gasteiger charge is -2.04. The number of hydrogen-bond donors (Lipinski definition) is 1. The van der Waals surface area contributed by atoms with Gasteiger partial charge in [-0.25, -0.2) is 0 Å². The molecule has 0 aliphatic carbocycles. The Bertz CT molecular complexity index is 522. The maximum absolute atomic E-state index is 6.05. The lowest BCUT2D eigenvalue weighted by atomic mass is 10.1. The number of rotatable bonds is 2. The van der Waals surface area contributed by atoms with E-state index in [1.807, 2.05) is 31.4 Å². The van der Waals surface area contributed by atoms with Crippen molar-refractivity contribution in [2.24, 2.45) is 7.05 Å². The first-order valence-electron chi connectivity index (χ1n) is 4.75. The first kappa shape index (κ1) is 10.8. The van der Waals surface area contributed by atoms with Gasteiger partial charge in [0.25, 0.3) is 0 Å². The average molecular weight is 238 g/mol. The van der Waals surface area contributed by atoms with Crippen molar-refractivity contribution in [3.63, 3.8) is 0 Å². The summed E-state index contributed by atoms with van der Waals surface area (Å²) in [5.41, 5.74) is 7.58. The van der Waals surface area contributed by atoms with E-state index in [1.165, 1.54) is 0 Å².